The molecule has 0 aliphatic heterocycles. The van der Waals surface area contributed by atoms with Crippen molar-refractivity contribution >= 4 is 40.9 Å². The number of benzene rings is 1. The second-order valence-electron chi connectivity index (χ2n) is 11.7. The number of nitrogens with zero attached hydrogens (tertiary/aromatic N) is 3. The molecule has 0 unspecified atom stereocenters. The highest BCUT2D eigenvalue weighted by Crippen LogP contribution is 2.43. The predicted molar refractivity (Wildman–Crippen MR) is 141 cm³/mol. The average molecular weight is 590 g/mol. The largest absolute Gasteiger partial charge is 0.481 e. The Hall–Kier alpha value is -2.59. The first-order valence-electron chi connectivity index (χ1n) is 12.5. The summed E-state index contributed by atoms with van der Waals surface area (Å²) in [6.07, 6.45) is -3.37. The zero-order valence-corrected chi connectivity index (χ0v) is 24.0. The second-order valence-corrected chi connectivity index (χ2v) is 12.5. The molecule has 0 saturated heterocycles. The van der Waals surface area contributed by atoms with E-state index in [2.05, 4.69) is 5.10 Å². The van der Waals surface area contributed by atoms with Crippen molar-refractivity contribution in [3.8, 4) is 0 Å². The van der Waals surface area contributed by atoms with Gasteiger partial charge in [0.25, 0.3) is 5.91 Å². The van der Waals surface area contributed by atoms with E-state index in [9.17, 15) is 32.7 Å². The maximum atomic E-state index is 14.4. The summed E-state index contributed by atoms with van der Waals surface area (Å²) in [5.74, 6) is -2.60. The molecule has 1 fully saturated rings. The number of carboxylic acids is 1. The predicted octanol–water partition coefficient (Wildman–Crippen LogP) is 7.09. The van der Waals surface area contributed by atoms with Crippen LogP contribution < -0.4 is 0 Å². The van der Waals surface area contributed by atoms with E-state index in [4.69, 9.17) is 23.2 Å². The first-order chi connectivity index (χ1) is 17.8. The van der Waals surface area contributed by atoms with Crippen LogP contribution in [0.3, 0.4) is 0 Å². The van der Waals surface area contributed by atoms with Gasteiger partial charge in [-0.05, 0) is 62.6 Å². The molecule has 1 aromatic carbocycles. The second kappa shape index (κ2) is 11.1. The Labute approximate surface area is 235 Å². The number of aromatic nitrogens is 2. The van der Waals surface area contributed by atoms with Gasteiger partial charge in [0.15, 0.2) is 11.5 Å². The zero-order valence-electron chi connectivity index (χ0n) is 22.5. The Morgan fingerprint density at radius 2 is 1.67 bits per heavy atom. The van der Waals surface area contributed by atoms with Crippen molar-refractivity contribution in [3.05, 3.63) is 50.8 Å². The summed E-state index contributed by atoms with van der Waals surface area (Å²) >= 11 is 12.5. The normalized spacial score (nSPS) is 20.1. The molecule has 1 aromatic heterocycles. The highest BCUT2D eigenvalue weighted by atomic mass is 35.5. The number of hydrogen-bond donors (Lipinski definition) is 1. The van der Waals surface area contributed by atoms with E-state index in [1.54, 1.807) is 46.8 Å². The Morgan fingerprint density at radius 3 is 2.13 bits per heavy atom. The number of ketones is 1. The molecule has 0 bridgehead atoms. The van der Waals surface area contributed by atoms with Crippen molar-refractivity contribution in [2.75, 3.05) is 13.1 Å². The Morgan fingerprint density at radius 1 is 1.13 bits per heavy atom. The Bertz CT molecular complexity index is 1250. The molecule has 2 aromatic rings. The van der Waals surface area contributed by atoms with Gasteiger partial charge in [-0.15, -0.1) is 0 Å². The van der Waals surface area contributed by atoms with Crippen molar-refractivity contribution in [1.82, 2.24) is 14.7 Å². The number of aliphatic carboxylic acids is 1. The van der Waals surface area contributed by atoms with Crippen LogP contribution in [-0.4, -0.2) is 50.5 Å². The fourth-order valence-corrected chi connectivity index (χ4v) is 5.74. The number of amides is 1. The molecule has 3 rings (SSSR count). The van der Waals surface area contributed by atoms with E-state index < -0.39 is 58.5 Å². The van der Waals surface area contributed by atoms with Crippen LogP contribution in [0.15, 0.2) is 18.3 Å². The number of aryl methyl sites for hydroxylation is 1. The van der Waals surface area contributed by atoms with E-state index in [1.807, 2.05) is 0 Å². The minimum atomic E-state index is -4.92. The molecule has 1 aliphatic carbocycles. The van der Waals surface area contributed by atoms with E-state index in [0.29, 0.717) is 0 Å². The number of carbonyl (C=O) groups is 3. The minimum Gasteiger partial charge on any atom is -0.481 e. The van der Waals surface area contributed by atoms with E-state index in [1.165, 1.54) is 0 Å². The Kier molecular flexibility index (Phi) is 8.82. The van der Waals surface area contributed by atoms with Gasteiger partial charge in [0.05, 0.1) is 45.4 Å². The summed E-state index contributed by atoms with van der Waals surface area (Å²) in [5, 5.41) is 13.6. The highest BCUT2D eigenvalue weighted by Gasteiger charge is 2.45. The lowest BCUT2D eigenvalue weighted by Crippen LogP contribution is -2.42. The minimum absolute atomic E-state index is 0.00827. The zero-order chi connectivity index (χ0) is 29.5. The van der Waals surface area contributed by atoms with Crippen LogP contribution in [0.25, 0.3) is 0 Å². The molecule has 1 aliphatic rings. The van der Waals surface area contributed by atoms with Gasteiger partial charge in [-0.25, -0.2) is 0 Å². The third kappa shape index (κ3) is 6.95. The first kappa shape index (κ1) is 30.9. The van der Waals surface area contributed by atoms with E-state index in [-0.39, 0.29) is 47.8 Å². The van der Waals surface area contributed by atoms with Crippen molar-refractivity contribution in [2.24, 2.45) is 10.8 Å². The summed E-state index contributed by atoms with van der Waals surface area (Å²) in [6, 6.07) is 2.36. The van der Waals surface area contributed by atoms with Crippen molar-refractivity contribution < 1.29 is 32.7 Å². The van der Waals surface area contributed by atoms with Crippen LogP contribution in [0.5, 0.6) is 0 Å². The number of carboxylic acid groups (broad SMARTS) is 1. The maximum absolute atomic E-state index is 14.4. The smallest absolute Gasteiger partial charge is 0.433 e. The lowest BCUT2D eigenvalue weighted by atomic mass is 9.74. The standard InChI is InChI=1S/C27H32Cl2F3N3O4/c1-15-10-18(28)21(19(29)11-15)20(36)13-34(14-25(2,3)4)23(37)17-12-33-35(22(17)27(30,31)32)16-6-8-26(5,9-7-16)24(38)39/h10-12,16H,6-9,13-14H2,1-5H3,(H,38,39)/t16-,26-. The van der Waals surface area contributed by atoms with Gasteiger partial charge in [0.1, 0.15) is 0 Å². The summed E-state index contributed by atoms with van der Waals surface area (Å²) in [7, 11) is 0. The quantitative estimate of drug-likeness (QED) is 0.348. The number of alkyl halides is 3. The van der Waals surface area contributed by atoms with Crippen molar-refractivity contribution in [2.45, 2.75) is 72.5 Å². The number of Topliss-reactive ketones (excluding diaryl/α,β-unsaturated/α-hetero) is 1. The van der Waals surface area contributed by atoms with Gasteiger partial charge in [0.2, 0.25) is 0 Å². The maximum Gasteiger partial charge on any atom is 0.433 e. The topological polar surface area (TPSA) is 92.5 Å². The summed E-state index contributed by atoms with van der Waals surface area (Å²) in [4.78, 5) is 39.5. The average Bonchev–Trinajstić information content (AvgIpc) is 3.22. The molecule has 0 atom stereocenters. The fourth-order valence-electron chi connectivity index (χ4n) is 4.94. The van der Waals surface area contributed by atoms with Gasteiger partial charge in [-0.1, -0.05) is 44.0 Å². The van der Waals surface area contributed by atoms with Gasteiger partial charge >= 0.3 is 12.1 Å². The molecule has 214 valence electrons. The molecule has 1 saturated carbocycles. The van der Waals surface area contributed by atoms with Crippen LogP contribution in [-0.2, 0) is 11.0 Å². The van der Waals surface area contributed by atoms with Crippen LogP contribution >= 0.6 is 23.2 Å². The summed E-state index contributed by atoms with van der Waals surface area (Å²) < 4.78 is 43.9. The third-order valence-corrected chi connectivity index (χ3v) is 7.56. The third-order valence-electron chi connectivity index (χ3n) is 6.97. The lowest BCUT2D eigenvalue weighted by Gasteiger charge is -2.34. The molecule has 39 heavy (non-hydrogen) atoms. The lowest BCUT2D eigenvalue weighted by molar-refractivity contribution is -0.152. The SMILES string of the molecule is Cc1cc(Cl)c(C(=O)CN(CC(C)(C)C)C(=O)c2cnn([C@H]3CC[C@](C)(C(=O)O)CC3)c2C(F)(F)F)c(Cl)c1. The molecule has 0 spiro atoms. The van der Waals surface area contributed by atoms with E-state index in [0.717, 1.165) is 21.3 Å². The monoisotopic (exact) mass is 589 g/mol. The van der Waals surface area contributed by atoms with Gasteiger partial charge in [0, 0.05) is 6.54 Å². The van der Waals surface area contributed by atoms with Crippen LogP contribution in [0.2, 0.25) is 10.0 Å². The molecule has 12 heteroatoms. The fraction of sp³-hybridized carbons (Fsp3) is 0.556. The van der Waals surface area contributed by atoms with Crippen LogP contribution in [0.4, 0.5) is 13.2 Å². The molecular weight excluding hydrogens is 558 g/mol. The molecule has 7 nitrogen and oxygen atoms in total. The van der Waals surface area contributed by atoms with Crippen molar-refractivity contribution in [3.63, 3.8) is 0 Å². The molecule has 1 amide bonds. The molecular formula is C27H32Cl2F3N3O4. The first-order valence-corrected chi connectivity index (χ1v) is 13.3. The van der Waals surface area contributed by atoms with Crippen LogP contribution in [0.1, 0.15) is 91.4 Å². The van der Waals surface area contributed by atoms with Gasteiger partial charge in [-0.2, -0.15) is 18.3 Å². The number of rotatable bonds is 7. The summed E-state index contributed by atoms with van der Waals surface area (Å²) in [5.41, 5.74) is -2.76. The van der Waals surface area contributed by atoms with Crippen molar-refractivity contribution in [1.29, 1.82) is 0 Å². The molecule has 1 N–H and O–H groups in total. The number of carbonyl (C=O) groups excluding carboxylic acids is 2. The number of halogens is 5. The Balaban J connectivity index is 1.99. The molecule has 1 heterocycles. The van der Waals surface area contributed by atoms with Gasteiger partial charge in [-0.3, -0.25) is 19.1 Å². The highest BCUT2D eigenvalue weighted by molar-refractivity contribution is 6.40. The van der Waals surface area contributed by atoms with E-state index >= 15 is 0 Å². The molecule has 0 radical (unpaired) electrons. The number of hydrogen-bond acceptors (Lipinski definition) is 4. The van der Waals surface area contributed by atoms with Crippen LogP contribution in [0, 0.1) is 17.8 Å². The summed E-state index contributed by atoms with van der Waals surface area (Å²) in [6.45, 7) is 8.12. The van der Waals surface area contributed by atoms with Gasteiger partial charge < -0.3 is 10.0 Å².